The van der Waals surface area contributed by atoms with Gasteiger partial charge in [-0.15, -0.1) is 0 Å². The number of nitrogens with one attached hydrogen (secondary N) is 1. The van der Waals surface area contributed by atoms with Crippen LogP contribution in [0, 0.1) is 6.92 Å². The number of nitrogens with zero attached hydrogens (tertiary/aromatic N) is 2. The van der Waals surface area contributed by atoms with Gasteiger partial charge in [0.1, 0.15) is 6.04 Å². The standard InChI is InChI=1S/C24H24ClN3O4S/c1-17-8-11-20(12-9-17)33(31,32)28-14-4-7-22(28)24(30)26-19-10-13-23(29)27(16-19)15-18-5-2-3-6-21(18)25/h2-3,5-6,8-13,16,22H,4,7,14-15H2,1H3,(H,26,30)/t22-/m0/s1. The zero-order chi connectivity index (χ0) is 23.6. The summed E-state index contributed by atoms with van der Waals surface area (Å²) >= 11 is 6.21. The predicted octanol–water partition coefficient (Wildman–Crippen LogP) is 3.65. The number of pyridine rings is 1. The first-order valence-electron chi connectivity index (χ1n) is 10.6. The number of carbonyl (C=O) groups is 1. The zero-order valence-electron chi connectivity index (χ0n) is 18.1. The number of hydrogen-bond donors (Lipinski definition) is 1. The van der Waals surface area contributed by atoms with E-state index in [0.29, 0.717) is 23.6 Å². The van der Waals surface area contributed by atoms with Gasteiger partial charge in [-0.1, -0.05) is 47.5 Å². The summed E-state index contributed by atoms with van der Waals surface area (Å²) in [5, 5.41) is 3.32. The molecular weight excluding hydrogens is 462 g/mol. The van der Waals surface area contributed by atoms with Crippen molar-refractivity contribution in [3.05, 3.63) is 93.4 Å². The van der Waals surface area contributed by atoms with E-state index in [9.17, 15) is 18.0 Å². The zero-order valence-corrected chi connectivity index (χ0v) is 19.6. The molecule has 2 heterocycles. The minimum atomic E-state index is -3.80. The lowest BCUT2D eigenvalue weighted by molar-refractivity contribution is -0.119. The average Bonchev–Trinajstić information content (AvgIpc) is 3.29. The van der Waals surface area contributed by atoms with E-state index in [-0.39, 0.29) is 23.5 Å². The third-order valence-corrected chi connectivity index (χ3v) is 7.97. The van der Waals surface area contributed by atoms with Gasteiger partial charge in [-0.25, -0.2) is 8.42 Å². The summed E-state index contributed by atoms with van der Waals surface area (Å²) in [7, 11) is -3.80. The topological polar surface area (TPSA) is 88.5 Å². The summed E-state index contributed by atoms with van der Waals surface area (Å²) < 4.78 is 29.0. The number of hydrogen-bond acceptors (Lipinski definition) is 4. The van der Waals surface area contributed by atoms with Crippen molar-refractivity contribution in [3.8, 4) is 0 Å². The molecule has 0 unspecified atom stereocenters. The van der Waals surface area contributed by atoms with Gasteiger partial charge < -0.3 is 9.88 Å². The normalized spacial score (nSPS) is 16.6. The van der Waals surface area contributed by atoms with Gasteiger partial charge >= 0.3 is 0 Å². The van der Waals surface area contributed by atoms with Crippen LogP contribution >= 0.6 is 11.6 Å². The predicted molar refractivity (Wildman–Crippen MR) is 128 cm³/mol. The molecule has 0 saturated carbocycles. The van der Waals surface area contributed by atoms with E-state index in [2.05, 4.69) is 5.32 Å². The van der Waals surface area contributed by atoms with Gasteiger partial charge in [0.15, 0.2) is 0 Å². The minimum absolute atomic E-state index is 0.168. The largest absolute Gasteiger partial charge is 0.323 e. The van der Waals surface area contributed by atoms with Gasteiger partial charge in [0, 0.05) is 23.8 Å². The highest BCUT2D eigenvalue weighted by molar-refractivity contribution is 7.89. The van der Waals surface area contributed by atoms with Crippen LogP contribution in [0.2, 0.25) is 5.02 Å². The molecule has 7 nitrogen and oxygen atoms in total. The highest BCUT2D eigenvalue weighted by Gasteiger charge is 2.39. The second-order valence-corrected chi connectivity index (χ2v) is 10.3. The maximum Gasteiger partial charge on any atom is 0.250 e. The van der Waals surface area contributed by atoms with Gasteiger partial charge in [0.25, 0.3) is 5.56 Å². The quantitative estimate of drug-likeness (QED) is 0.577. The molecule has 1 amide bonds. The van der Waals surface area contributed by atoms with Crippen molar-refractivity contribution in [3.63, 3.8) is 0 Å². The Morgan fingerprint density at radius 2 is 1.82 bits per heavy atom. The van der Waals surface area contributed by atoms with E-state index in [1.807, 2.05) is 25.1 Å². The molecule has 172 valence electrons. The maximum absolute atomic E-state index is 13.1. The molecule has 1 aliphatic rings. The number of anilines is 1. The number of aromatic nitrogens is 1. The minimum Gasteiger partial charge on any atom is -0.323 e. The van der Waals surface area contributed by atoms with Crippen LogP contribution in [-0.4, -0.2) is 35.8 Å². The first-order valence-corrected chi connectivity index (χ1v) is 12.4. The van der Waals surface area contributed by atoms with Crippen molar-refractivity contribution in [2.75, 3.05) is 11.9 Å². The second kappa shape index (κ2) is 9.51. The van der Waals surface area contributed by atoms with Crippen LogP contribution in [0.15, 0.2) is 76.6 Å². The number of aryl methyl sites for hydroxylation is 1. The second-order valence-electron chi connectivity index (χ2n) is 8.05. The van der Waals surface area contributed by atoms with Crippen LogP contribution in [0.4, 0.5) is 5.69 Å². The van der Waals surface area contributed by atoms with Crippen molar-refractivity contribution >= 4 is 33.2 Å². The molecule has 1 N–H and O–H groups in total. The summed E-state index contributed by atoms with van der Waals surface area (Å²) in [4.78, 5) is 25.5. The molecule has 2 aromatic carbocycles. The molecule has 1 aliphatic heterocycles. The lowest BCUT2D eigenvalue weighted by atomic mass is 10.2. The lowest BCUT2D eigenvalue weighted by Crippen LogP contribution is -2.43. The molecule has 0 aliphatic carbocycles. The first kappa shape index (κ1) is 23.2. The highest BCUT2D eigenvalue weighted by Crippen LogP contribution is 2.27. The summed E-state index contributed by atoms with van der Waals surface area (Å²) in [5.74, 6) is -0.425. The fourth-order valence-electron chi connectivity index (χ4n) is 3.90. The number of benzene rings is 2. The molecule has 1 saturated heterocycles. The monoisotopic (exact) mass is 485 g/mol. The van der Waals surface area contributed by atoms with Gasteiger partial charge in [0.05, 0.1) is 17.1 Å². The Bertz CT molecular complexity index is 1340. The fourth-order valence-corrected chi connectivity index (χ4v) is 5.75. The van der Waals surface area contributed by atoms with Crippen LogP contribution in [-0.2, 0) is 21.4 Å². The van der Waals surface area contributed by atoms with Crippen LogP contribution in [0.25, 0.3) is 0 Å². The summed E-state index contributed by atoms with van der Waals surface area (Å²) in [6.45, 7) is 2.41. The van der Waals surface area contributed by atoms with E-state index in [1.54, 1.807) is 30.3 Å². The van der Waals surface area contributed by atoms with E-state index < -0.39 is 22.0 Å². The SMILES string of the molecule is Cc1ccc(S(=O)(=O)N2CCC[C@H]2C(=O)Nc2ccc(=O)n(Cc3ccccc3Cl)c2)cc1. The number of carbonyl (C=O) groups excluding carboxylic acids is 1. The summed E-state index contributed by atoms with van der Waals surface area (Å²) in [5.41, 5.74) is 1.90. The molecule has 1 fully saturated rings. The van der Waals surface area contributed by atoms with Crippen molar-refractivity contribution in [1.29, 1.82) is 0 Å². The third kappa shape index (κ3) is 5.03. The number of halogens is 1. The highest BCUT2D eigenvalue weighted by atomic mass is 35.5. The fraction of sp³-hybridized carbons (Fsp3) is 0.250. The van der Waals surface area contributed by atoms with E-state index in [0.717, 1.165) is 11.1 Å². The van der Waals surface area contributed by atoms with Gasteiger partial charge in [0.2, 0.25) is 15.9 Å². The lowest BCUT2D eigenvalue weighted by Gasteiger charge is -2.23. The van der Waals surface area contributed by atoms with Gasteiger partial charge in [-0.3, -0.25) is 9.59 Å². The van der Waals surface area contributed by atoms with Crippen molar-refractivity contribution in [2.45, 2.75) is 37.2 Å². The molecule has 1 atom stereocenters. The molecule has 9 heteroatoms. The Morgan fingerprint density at radius 1 is 1.09 bits per heavy atom. The van der Waals surface area contributed by atoms with Gasteiger partial charge in [-0.05, 0) is 49.6 Å². The average molecular weight is 486 g/mol. The van der Waals surface area contributed by atoms with Gasteiger partial charge in [-0.2, -0.15) is 4.31 Å². The third-order valence-electron chi connectivity index (χ3n) is 5.68. The number of amides is 1. The molecule has 3 aromatic rings. The number of sulfonamides is 1. The van der Waals surface area contributed by atoms with Crippen LogP contribution in [0.3, 0.4) is 0 Å². The van der Waals surface area contributed by atoms with Crippen LogP contribution in [0.5, 0.6) is 0 Å². The van der Waals surface area contributed by atoms with Crippen molar-refractivity contribution < 1.29 is 13.2 Å². The molecule has 33 heavy (non-hydrogen) atoms. The summed E-state index contributed by atoms with van der Waals surface area (Å²) in [6.07, 6.45) is 2.56. The smallest absolute Gasteiger partial charge is 0.250 e. The molecular formula is C24H24ClN3O4S. The van der Waals surface area contributed by atoms with Crippen molar-refractivity contribution in [1.82, 2.24) is 8.87 Å². The summed E-state index contributed by atoms with van der Waals surface area (Å²) in [6, 6.07) is 15.9. The van der Waals surface area contributed by atoms with Crippen LogP contribution < -0.4 is 10.9 Å². The number of rotatable bonds is 6. The Labute approximate surface area is 197 Å². The molecule has 0 bridgehead atoms. The molecule has 4 rings (SSSR count). The Kier molecular flexibility index (Phi) is 6.69. The van der Waals surface area contributed by atoms with E-state index in [1.165, 1.54) is 27.2 Å². The Balaban J connectivity index is 1.53. The maximum atomic E-state index is 13.1. The molecule has 0 radical (unpaired) electrons. The van der Waals surface area contributed by atoms with E-state index >= 15 is 0 Å². The van der Waals surface area contributed by atoms with Crippen LogP contribution in [0.1, 0.15) is 24.0 Å². The van der Waals surface area contributed by atoms with Crippen molar-refractivity contribution in [2.24, 2.45) is 0 Å². The Hall–Kier alpha value is -2.94. The first-order chi connectivity index (χ1) is 15.8. The van der Waals surface area contributed by atoms with E-state index in [4.69, 9.17) is 11.6 Å². The molecule has 0 spiro atoms. The Morgan fingerprint density at radius 3 is 2.55 bits per heavy atom. The molecule has 1 aromatic heterocycles.